The number of hydrogen-bond donors (Lipinski definition) is 1. The van der Waals surface area contributed by atoms with Gasteiger partial charge < -0.3 is 5.32 Å². The van der Waals surface area contributed by atoms with E-state index in [1.165, 1.54) is 31.7 Å². The van der Waals surface area contributed by atoms with Crippen LogP contribution in [-0.4, -0.2) is 11.5 Å². The molecule has 1 aliphatic rings. The molecule has 0 amide bonds. The molecule has 0 spiro atoms. The predicted molar refractivity (Wildman–Crippen MR) is 85.0 cm³/mol. The van der Waals surface area contributed by atoms with Crippen LogP contribution in [0, 0.1) is 27.8 Å². The van der Waals surface area contributed by atoms with Crippen molar-refractivity contribution in [2.45, 2.75) is 39.0 Å². The summed E-state index contributed by atoms with van der Waals surface area (Å²) in [6.45, 7) is 2.96. The van der Waals surface area contributed by atoms with Gasteiger partial charge in [0, 0.05) is 6.54 Å². The summed E-state index contributed by atoms with van der Waals surface area (Å²) < 4.78 is 13.6. The molecule has 21 heavy (non-hydrogen) atoms. The van der Waals surface area contributed by atoms with Gasteiger partial charge in [-0.3, -0.25) is 10.1 Å². The minimum Gasteiger partial charge on any atom is -0.379 e. The number of nitro groups is 1. The van der Waals surface area contributed by atoms with E-state index in [9.17, 15) is 14.5 Å². The molecule has 6 heteroatoms. The van der Waals surface area contributed by atoms with Crippen LogP contribution < -0.4 is 5.32 Å². The maximum atomic E-state index is 13.4. The van der Waals surface area contributed by atoms with E-state index in [4.69, 9.17) is 0 Å². The molecule has 0 heterocycles. The van der Waals surface area contributed by atoms with E-state index in [-0.39, 0.29) is 10.2 Å². The van der Waals surface area contributed by atoms with Gasteiger partial charge in [-0.05, 0) is 40.3 Å². The normalized spacial score (nSPS) is 22.0. The van der Waals surface area contributed by atoms with Crippen LogP contribution >= 0.6 is 15.9 Å². The summed E-state index contributed by atoms with van der Waals surface area (Å²) in [5, 5.41) is 14.1. The van der Waals surface area contributed by atoms with Gasteiger partial charge in [0.15, 0.2) is 0 Å². The summed E-state index contributed by atoms with van der Waals surface area (Å²) in [7, 11) is 0. The van der Waals surface area contributed by atoms with E-state index in [1.54, 1.807) is 0 Å². The molecule has 0 unspecified atom stereocenters. The van der Waals surface area contributed by atoms with Crippen LogP contribution in [0.15, 0.2) is 16.6 Å². The lowest BCUT2D eigenvalue weighted by Gasteiger charge is -2.26. The predicted octanol–water partition coefficient (Wildman–Crippen LogP) is 5.12. The third kappa shape index (κ3) is 4.40. The smallest absolute Gasteiger partial charge is 0.295 e. The molecule has 0 bridgehead atoms. The standard InChI is InChI=1S/C15H20BrFN2O2/c1-10-2-4-11(5-3-10)6-7-18-14-8-12(16)13(17)9-15(14)19(20)21/h8-11,18H,2-7H2,1H3. The van der Waals surface area contributed by atoms with Gasteiger partial charge in [-0.15, -0.1) is 0 Å². The average molecular weight is 359 g/mol. The zero-order valence-corrected chi connectivity index (χ0v) is 13.7. The molecule has 1 aliphatic carbocycles. The highest BCUT2D eigenvalue weighted by atomic mass is 79.9. The number of nitrogens with zero attached hydrogens (tertiary/aromatic N) is 1. The second kappa shape index (κ2) is 7.20. The molecule has 0 aromatic heterocycles. The highest BCUT2D eigenvalue weighted by molar-refractivity contribution is 9.10. The summed E-state index contributed by atoms with van der Waals surface area (Å²) in [5.74, 6) is 0.897. The highest BCUT2D eigenvalue weighted by Gasteiger charge is 2.20. The molecule has 116 valence electrons. The average Bonchev–Trinajstić information content (AvgIpc) is 2.44. The van der Waals surface area contributed by atoms with Crippen molar-refractivity contribution in [3.63, 3.8) is 0 Å². The lowest BCUT2D eigenvalue weighted by Crippen LogP contribution is -2.16. The second-order valence-electron chi connectivity index (χ2n) is 5.88. The number of benzene rings is 1. The Morgan fingerprint density at radius 2 is 2.05 bits per heavy atom. The van der Waals surface area contributed by atoms with Gasteiger partial charge in [0.2, 0.25) is 0 Å². The summed E-state index contributed by atoms with van der Waals surface area (Å²) in [5.41, 5.74) is 0.158. The molecule has 0 aliphatic heterocycles. The number of nitrogens with one attached hydrogen (secondary N) is 1. The van der Waals surface area contributed by atoms with Crippen LogP contribution in [0.4, 0.5) is 15.8 Å². The third-order valence-corrected chi connectivity index (χ3v) is 4.85. The number of anilines is 1. The Labute approximate surface area is 132 Å². The lowest BCUT2D eigenvalue weighted by atomic mass is 9.81. The van der Waals surface area contributed by atoms with Crippen molar-refractivity contribution in [2.75, 3.05) is 11.9 Å². The topological polar surface area (TPSA) is 55.2 Å². The first-order valence-corrected chi connectivity index (χ1v) is 8.14. The second-order valence-corrected chi connectivity index (χ2v) is 6.74. The van der Waals surface area contributed by atoms with Gasteiger partial charge >= 0.3 is 0 Å². The lowest BCUT2D eigenvalue weighted by molar-refractivity contribution is -0.384. The Morgan fingerprint density at radius 1 is 1.38 bits per heavy atom. The molecule has 0 atom stereocenters. The van der Waals surface area contributed by atoms with E-state index in [2.05, 4.69) is 28.2 Å². The summed E-state index contributed by atoms with van der Waals surface area (Å²) in [4.78, 5) is 10.4. The summed E-state index contributed by atoms with van der Waals surface area (Å²) in [6, 6.07) is 2.39. The maximum absolute atomic E-state index is 13.4. The fourth-order valence-corrected chi connectivity index (χ4v) is 3.20. The van der Waals surface area contributed by atoms with E-state index in [0.717, 1.165) is 18.4 Å². The first-order valence-electron chi connectivity index (χ1n) is 7.34. The molecule has 1 aromatic carbocycles. The van der Waals surface area contributed by atoms with Crippen molar-refractivity contribution < 1.29 is 9.31 Å². The SMILES string of the molecule is CC1CCC(CCNc2cc(Br)c(F)cc2[N+](=O)[O-])CC1. The van der Waals surface area contributed by atoms with Crippen molar-refractivity contribution in [1.29, 1.82) is 0 Å². The van der Waals surface area contributed by atoms with Gasteiger partial charge in [0.25, 0.3) is 5.69 Å². The maximum Gasteiger partial charge on any atom is 0.295 e. The monoisotopic (exact) mass is 358 g/mol. The first-order chi connectivity index (χ1) is 9.97. The Morgan fingerprint density at radius 3 is 2.67 bits per heavy atom. The number of halogens is 2. The minimum atomic E-state index is -0.617. The molecule has 2 rings (SSSR count). The molecule has 4 nitrogen and oxygen atoms in total. The Bertz CT molecular complexity index is 517. The fraction of sp³-hybridized carbons (Fsp3) is 0.600. The molecule has 0 radical (unpaired) electrons. The summed E-state index contributed by atoms with van der Waals surface area (Å²) in [6.07, 6.45) is 6.01. The third-order valence-electron chi connectivity index (χ3n) is 4.24. The van der Waals surface area contributed by atoms with E-state index < -0.39 is 10.7 Å². The molecule has 1 saturated carbocycles. The number of hydrogen-bond acceptors (Lipinski definition) is 3. The number of nitro benzene ring substituents is 1. The Kier molecular flexibility index (Phi) is 5.56. The summed E-state index contributed by atoms with van der Waals surface area (Å²) >= 11 is 3.07. The van der Waals surface area contributed by atoms with Crippen LogP contribution in [0.5, 0.6) is 0 Å². The quantitative estimate of drug-likeness (QED) is 0.586. The van der Waals surface area contributed by atoms with E-state index in [1.807, 2.05) is 0 Å². The van der Waals surface area contributed by atoms with Gasteiger partial charge in [-0.2, -0.15) is 0 Å². The van der Waals surface area contributed by atoms with Crippen LogP contribution in [0.25, 0.3) is 0 Å². The van der Waals surface area contributed by atoms with Gasteiger partial charge in [0.1, 0.15) is 11.5 Å². The van der Waals surface area contributed by atoms with Crippen LogP contribution in [-0.2, 0) is 0 Å². The zero-order valence-electron chi connectivity index (χ0n) is 12.1. The number of rotatable bonds is 5. The molecular formula is C15H20BrFN2O2. The van der Waals surface area contributed by atoms with E-state index >= 15 is 0 Å². The molecule has 0 saturated heterocycles. The first kappa shape index (κ1) is 16.2. The van der Waals surface area contributed by atoms with Crippen LogP contribution in [0.1, 0.15) is 39.0 Å². The Hall–Kier alpha value is -1.17. The zero-order chi connectivity index (χ0) is 15.4. The van der Waals surface area contributed by atoms with Gasteiger partial charge in [-0.1, -0.05) is 32.6 Å². The van der Waals surface area contributed by atoms with Crippen molar-refractivity contribution >= 4 is 27.3 Å². The van der Waals surface area contributed by atoms with Crippen LogP contribution in [0.2, 0.25) is 0 Å². The fourth-order valence-electron chi connectivity index (χ4n) is 2.86. The highest BCUT2D eigenvalue weighted by Crippen LogP contribution is 2.32. The van der Waals surface area contributed by atoms with Gasteiger partial charge in [-0.25, -0.2) is 4.39 Å². The van der Waals surface area contributed by atoms with Crippen molar-refractivity contribution in [1.82, 2.24) is 0 Å². The van der Waals surface area contributed by atoms with E-state index in [0.29, 0.717) is 18.2 Å². The minimum absolute atomic E-state index is 0.215. The van der Waals surface area contributed by atoms with Crippen molar-refractivity contribution in [3.05, 3.63) is 32.5 Å². The molecular weight excluding hydrogens is 339 g/mol. The Balaban J connectivity index is 1.93. The molecule has 1 fully saturated rings. The molecule has 1 N–H and O–H groups in total. The van der Waals surface area contributed by atoms with Crippen LogP contribution in [0.3, 0.4) is 0 Å². The van der Waals surface area contributed by atoms with Crippen molar-refractivity contribution in [3.8, 4) is 0 Å². The van der Waals surface area contributed by atoms with Gasteiger partial charge in [0.05, 0.1) is 15.5 Å². The largest absolute Gasteiger partial charge is 0.379 e. The van der Waals surface area contributed by atoms with Crippen molar-refractivity contribution in [2.24, 2.45) is 11.8 Å². The molecule has 1 aromatic rings.